The molecule has 2 aliphatic heterocycles. The topological polar surface area (TPSA) is 62.5 Å². The summed E-state index contributed by atoms with van der Waals surface area (Å²) in [5, 5.41) is 2.68. The molecule has 1 aromatic heterocycles. The molecule has 0 spiro atoms. The maximum absolute atomic E-state index is 12.6. The molecule has 6 heteroatoms. The highest BCUT2D eigenvalue weighted by Gasteiger charge is 2.32. The molecule has 20 heavy (non-hydrogen) atoms. The van der Waals surface area contributed by atoms with E-state index in [2.05, 4.69) is 9.88 Å². The van der Waals surface area contributed by atoms with Gasteiger partial charge in [-0.25, -0.2) is 4.98 Å². The summed E-state index contributed by atoms with van der Waals surface area (Å²) in [4.78, 5) is 21.4. The van der Waals surface area contributed by atoms with Gasteiger partial charge in [-0.3, -0.25) is 4.79 Å². The third kappa shape index (κ3) is 2.87. The van der Waals surface area contributed by atoms with Crippen LogP contribution in [0, 0.1) is 0 Å². The number of carbonyl (C=O) groups is 1. The molecule has 2 N–H and O–H groups in total. The van der Waals surface area contributed by atoms with E-state index in [1.54, 1.807) is 0 Å². The predicted octanol–water partition coefficient (Wildman–Crippen LogP) is 1.30. The van der Waals surface area contributed by atoms with Gasteiger partial charge in [0.1, 0.15) is 10.7 Å². The summed E-state index contributed by atoms with van der Waals surface area (Å²) in [5.74, 6) is 0.0858. The second-order valence-corrected chi connectivity index (χ2v) is 6.58. The first-order chi connectivity index (χ1) is 9.78. The fourth-order valence-electron chi connectivity index (χ4n) is 3.21. The number of hydrogen-bond donors (Lipinski definition) is 1. The Kier molecular flexibility index (Phi) is 4.33. The highest BCUT2D eigenvalue weighted by atomic mass is 32.1. The molecule has 2 fully saturated rings. The third-order valence-corrected chi connectivity index (χ3v) is 5.12. The molecule has 2 aliphatic rings. The highest BCUT2D eigenvalue weighted by molar-refractivity contribution is 7.09. The largest absolute Gasteiger partial charge is 0.333 e. The molecule has 1 amide bonds. The SMILES string of the molecule is NCc1nc(C(=O)N2CCCC2CN2CCCC2)cs1. The minimum absolute atomic E-state index is 0.0858. The second-order valence-electron chi connectivity index (χ2n) is 5.63. The van der Waals surface area contributed by atoms with E-state index in [9.17, 15) is 4.79 Å². The fraction of sp³-hybridized carbons (Fsp3) is 0.714. The van der Waals surface area contributed by atoms with Gasteiger partial charge in [-0.2, -0.15) is 0 Å². The number of likely N-dealkylation sites (tertiary alicyclic amines) is 2. The zero-order valence-electron chi connectivity index (χ0n) is 11.8. The molecule has 3 rings (SSSR count). The van der Waals surface area contributed by atoms with Crippen molar-refractivity contribution in [1.82, 2.24) is 14.8 Å². The van der Waals surface area contributed by atoms with E-state index in [0.29, 0.717) is 18.3 Å². The van der Waals surface area contributed by atoms with Crippen LogP contribution in [0.5, 0.6) is 0 Å². The molecule has 0 aromatic carbocycles. The Labute approximate surface area is 123 Å². The summed E-state index contributed by atoms with van der Waals surface area (Å²) >= 11 is 1.48. The normalized spacial score (nSPS) is 23.6. The van der Waals surface area contributed by atoms with Crippen molar-refractivity contribution in [3.8, 4) is 0 Å². The first-order valence-electron chi connectivity index (χ1n) is 7.45. The summed E-state index contributed by atoms with van der Waals surface area (Å²) in [5.41, 5.74) is 6.14. The van der Waals surface area contributed by atoms with Gasteiger partial charge in [-0.15, -0.1) is 11.3 Å². The summed E-state index contributed by atoms with van der Waals surface area (Å²) in [6, 6.07) is 0.364. The molecule has 1 atom stereocenters. The van der Waals surface area contributed by atoms with Crippen LogP contribution in [0.2, 0.25) is 0 Å². The van der Waals surface area contributed by atoms with Crippen LogP contribution in [0.3, 0.4) is 0 Å². The number of thiazole rings is 1. The minimum atomic E-state index is 0.0858. The average Bonchev–Trinajstić information content (AvgIpc) is 3.20. The lowest BCUT2D eigenvalue weighted by atomic mass is 10.2. The van der Waals surface area contributed by atoms with Crippen LogP contribution in [0.4, 0.5) is 0 Å². The average molecular weight is 294 g/mol. The molecule has 110 valence electrons. The Morgan fingerprint density at radius 1 is 1.35 bits per heavy atom. The van der Waals surface area contributed by atoms with E-state index in [4.69, 9.17) is 5.73 Å². The number of aromatic nitrogens is 1. The van der Waals surface area contributed by atoms with E-state index >= 15 is 0 Å². The van der Waals surface area contributed by atoms with E-state index in [-0.39, 0.29) is 5.91 Å². The van der Waals surface area contributed by atoms with Crippen LogP contribution in [-0.4, -0.2) is 52.9 Å². The number of rotatable bonds is 4. The third-order valence-electron chi connectivity index (χ3n) is 4.25. The van der Waals surface area contributed by atoms with Crippen LogP contribution in [0.1, 0.15) is 41.2 Å². The predicted molar refractivity (Wildman–Crippen MR) is 79.7 cm³/mol. The lowest BCUT2D eigenvalue weighted by Gasteiger charge is -2.28. The van der Waals surface area contributed by atoms with Crippen molar-refractivity contribution >= 4 is 17.2 Å². The van der Waals surface area contributed by atoms with Crippen LogP contribution in [0.15, 0.2) is 5.38 Å². The molecule has 0 radical (unpaired) electrons. The van der Waals surface area contributed by atoms with E-state index in [1.165, 1.54) is 37.3 Å². The van der Waals surface area contributed by atoms with Crippen molar-refractivity contribution < 1.29 is 4.79 Å². The van der Waals surface area contributed by atoms with Crippen molar-refractivity contribution in [2.24, 2.45) is 5.73 Å². The van der Waals surface area contributed by atoms with Gasteiger partial charge in [0.25, 0.3) is 5.91 Å². The summed E-state index contributed by atoms with van der Waals surface area (Å²) in [6.45, 7) is 4.68. The first kappa shape index (κ1) is 14.0. The quantitative estimate of drug-likeness (QED) is 0.909. The number of nitrogens with two attached hydrogens (primary N) is 1. The van der Waals surface area contributed by atoms with Crippen LogP contribution >= 0.6 is 11.3 Å². The molecule has 0 bridgehead atoms. The first-order valence-corrected chi connectivity index (χ1v) is 8.33. The van der Waals surface area contributed by atoms with Gasteiger partial charge in [0.15, 0.2) is 0 Å². The molecule has 3 heterocycles. The minimum Gasteiger partial charge on any atom is -0.333 e. The highest BCUT2D eigenvalue weighted by Crippen LogP contribution is 2.23. The van der Waals surface area contributed by atoms with Gasteiger partial charge in [0, 0.05) is 31.1 Å². The molecule has 2 saturated heterocycles. The van der Waals surface area contributed by atoms with E-state index in [0.717, 1.165) is 30.9 Å². The standard InChI is InChI=1S/C14H22N4OS/c15-8-13-16-12(10-20-13)14(19)18-7-3-4-11(18)9-17-5-1-2-6-17/h10-11H,1-9,15H2. The fourth-order valence-corrected chi connectivity index (χ4v) is 3.85. The summed E-state index contributed by atoms with van der Waals surface area (Å²) in [6.07, 6.45) is 4.83. The van der Waals surface area contributed by atoms with Gasteiger partial charge in [-0.05, 0) is 38.8 Å². The van der Waals surface area contributed by atoms with Crippen molar-refractivity contribution in [2.45, 2.75) is 38.3 Å². The zero-order chi connectivity index (χ0) is 13.9. The zero-order valence-corrected chi connectivity index (χ0v) is 12.6. The second kappa shape index (κ2) is 6.20. The maximum atomic E-state index is 12.6. The van der Waals surface area contributed by atoms with Crippen LogP contribution in [0.25, 0.3) is 0 Å². The van der Waals surface area contributed by atoms with Crippen molar-refractivity contribution in [2.75, 3.05) is 26.2 Å². The molecule has 5 nitrogen and oxygen atoms in total. The van der Waals surface area contributed by atoms with E-state index < -0.39 is 0 Å². The molecular weight excluding hydrogens is 272 g/mol. The van der Waals surface area contributed by atoms with Crippen molar-refractivity contribution in [3.63, 3.8) is 0 Å². The molecule has 1 aromatic rings. The lowest BCUT2D eigenvalue weighted by Crippen LogP contribution is -2.42. The van der Waals surface area contributed by atoms with Gasteiger partial charge < -0.3 is 15.5 Å². The number of amides is 1. The van der Waals surface area contributed by atoms with Crippen LogP contribution < -0.4 is 5.73 Å². The van der Waals surface area contributed by atoms with Crippen molar-refractivity contribution in [1.29, 1.82) is 0 Å². The monoisotopic (exact) mass is 294 g/mol. The number of hydrogen-bond acceptors (Lipinski definition) is 5. The van der Waals surface area contributed by atoms with Gasteiger partial charge in [-0.1, -0.05) is 0 Å². The van der Waals surface area contributed by atoms with Crippen LogP contribution in [-0.2, 0) is 6.54 Å². The molecule has 0 aliphatic carbocycles. The Morgan fingerprint density at radius 3 is 2.85 bits per heavy atom. The smallest absolute Gasteiger partial charge is 0.273 e. The van der Waals surface area contributed by atoms with Crippen molar-refractivity contribution in [3.05, 3.63) is 16.1 Å². The summed E-state index contributed by atoms with van der Waals surface area (Å²) < 4.78 is 0. The Bertz CT molecular complexity index is 469. The van der Waals surface area contributed by atoms with Gasteiger partial charge in [0.2, 0.25) is 0 Å². The number of nitrogens with zero attached hydrogens (tertiary/aromatic N) is 3. The van der Waals surface area contributed by atoms with Gasteiger partial charge in [0.05, 0.1) is 0 Å². The van der Waals surface area contributed by atoms with Gasteiger partial charge >= 0.3 is 0 Å². The molecular formula is C14H22N4OS. The maximum Gasteiger partial charge on any atom is 0.273 e. The Balaban J connectivity index is 1.66. The molecule has 0 saturated carbocycles. The van der Waals surface area contributed by atoms with E-state index in [1.807, 2.05) is 10.3 Å². The molecule has 1 unspecified atom stereocenters. The Morgan fingerprint density at radius 2 is 2.15 bits per heavy atom. The Hall–Kier alpha value is -0.980. The summed E-state index contributed by atoms with van der Waals surface area (Å²) in [7, 11) is 0. The number of carbonyl (C=O) groups excluding carboxylic acids is 1. The lowest BCUT2D eigenvalue weighted by molar-refractivity contribution is 0.0703.